The highest BCUT2D eigenvalue weighted by atomic mass is 16.5. The highest BCUT2D eigenvalue weighted by Crippen LogP contribution is 2.24. The molecule has 0 bridgehead atoms. The second kappa shape index (κ2) is 9.20. The monoisotopic (exact) mass is 305 g/mol. The van der Waals surface area contributed by atoms with E-state index in [1.165, 1.54) is 0 Å². The predicted molar refractivity (Wildman–Crippen MR) is 91.8 cm³/mol. The highest BCUT2D eigenvalue weighted by molar-refractivity contribution is 5.95. The Balaban J connectivity index is 2.62. The number of ether oxygens (including phenoxy) is 1. The molecule has 0 aliphatic rings. The Morgan fingerprint density at radius 3 is 2.64 bits per heavy atom. The molecule has 22 heavy (non-hydrogen) atoms. The molecule has 0 fully saturated rings. The van der Waals surface area contributed by atoms with Crippen LogP contribution in [0, 0.1) is 5.92 Å². The first-order valence-corrected chi connectivity index (χ1v) is 7.59. The smallest absolute Gasteiger partial charge is 0.250 e. The number of hydrogen-bond acceptors (Lipinski definition) is 3. The highest BCUT2D eigenvalue weighted by Gasteiger charge is 2.07. The van der Waals surface area contributed by atoms with Crippen LogP contribution in [0.5, 0.6) is 0 Å². The summed E-state index contributed by atoms with van der Waals surface area (Å²) in [7, 11) is 3.87. The van der Waals surface area contributed by atoms with Gasteiger partial charge in [0.2, 0.25) is 5.91 Å². The Morgan fingerprint density at radius 2 is 2.00 bits per heavy atom. The first kappa shape index (κ1) is 18.2. The molecule has 1 aromatic rings. The summed E-state index contributed by atoms with van der Waals surface area (Å²) < 4.78 is 5.38. The van der Waals surface area contributed by atoms with E-state index in [1.54, 1.807) is 0 Å². The van der Waals surface area contributed by atoms with E-state index in [4.69, 9.17) is 4.74 Å². The summed E-state index contributed by atoms with van der Waals surface area (Å²) >= 11 is 0. The number of aliphatic imine (C=N–C) groups is 1. The van der Waals surface area contributed by atoms with Gasteiger partial charge < -0.3 is 15.0 Å². The van der Waals surface area contributed by atoms with Crippen LogP contribution in [0.2, 0.25) is 0 Å². The molecule has 0 saturated heterocycles. The van der Waals surface area contributed by atoms with E-state index in [2.05, 4.69) is 24.2 Å². The van der Waals surface area contributed by atoms with Crippen LogP contribution in [0.1, 0.15) is 27.2 Å². The lowest BCUT2D eigenvalue weighted by Gasteiger charge is -2.13. The van der Waals surface area contributed by atoms with Gasteiger partial charge in [-0.15, -0.1) is 0 Å². The van der Waals surface area contributed by atoms with Crippen molar-refractivity contribution in [3.8, 4) is 0 Å². The molecule has 0 aromatic heterocycles. The summed E-state index contributed by atoms with van der Waals surface area (Å²) in [6, 6.07) is 7.49. The number of carbonyl (C=O) groups excluding carboxylic acids is 1. The van der Waals surface area contributed by atoms with Crippen LogP contribution >= 0.6 is 0 Å². The van der Waals surface area contributed by atoms with Gasteiger partial charge in [0.25, 0.3) is 0 Å². The fourth-order valence-corrected chi connectivity index (χ4v) is 1.62. The zero-order valence-electron chi connectivity index (χ0n) is 14.2. The second-order valence-corrected chi connectivity index (χ2v) is 5.85. The molecule has 1 amide bonds. The van der Waals surface area contributed by atoms with Crippen molar-refractivity contribution in [1.29, 1.82) is 0 Å². The van der Waals surface area contributed by atoms with Crippen LogP contribution in [0.15, 0.2) is 29.3 Å². The van der Waals surface area contributed by atoms with E-state index in [9.17, 15) is 4.79 Å². The van der Waals surface area contributed by atoms with Crippen molar-refractivity contribution < 1.29 is 9.53 Å². The number of benzene rings is 1. The molecule has 1 aromatic carbocycles. The molecule has 0 unspecified atom stereocenters. The SMILES string of the molecule is C/C(=N\c1ccccc1NC(=O)COCCC(C)C)N(C)C. The van der Waals surface area contributed by atoms with Crippen LogP contribution in [0.25, 0.3) is 0 Å². The number of hydrogen-bond donors (Lipinski definition) is 1. The Morgan fingerprint density at radius 1 is 1.32 bits per heavy atom. The molecule has 1 rings (SSSR count). The van der Waals surface area contributed by atoms with Crippen molar-refractivity contribution in [2.24, 2.45) is 10.9 Å². The Hall–Kier alpha value is -1.88. The van der Waals surface area contributed by atoms with Crippen LogP contribution in [0.4, 0.5) is 11.4 Å². The van der Waals surface area contributed by atoms with E-state index in [-0.39, 0.29) is 12.5 Å². The number of nitrogens with zero attached hydrogens (tertiary/aromatic N) is 2. The average molecular weight is 305 g/mol. The van der Waals surface area contributed by atoms with E-state index in [0.29, 0.717) is 18.2 Å². The number of para-hydroxylation sites is 2. The minimum absolute atomic E-state index is 0.0669. The standard InChI is InChI=1S/C17H27N3O2/c1-13(2)10-11-22-12-17(21)19-16-9-7-6-8-15(16)18-14(3)20(4)5/h6-9,13H,10-12H2,1-5H3,(H,19,21)/b18-14+. The lowest BCUT2D eigenvalue weighted by atomic mass is 10.1. The number of carbonyl (C=O) groups is 1. The molecule has 0 atom stereocenters. The van der Waals surface area contributed by atoms with Gasteiger partial charge in [0, 0.05) is 20.7 Å². The third-order valence-electron chi connectivity index (χ3n) is 3.18. The van der Waals surface area contributed by atoms with Gasteiger partial charge in [0.05, 0.1) is 11.4 Å². The first-order valence-electron chi connectivity index (χ1n) is 7.59. The number of anilines is 1. The summed E-state index contributed by atoms with van der Waals surface area (Å²) in [4.78, 5) is 18.4. The largest absolute Gasteiger partial charge is 0.372 e. The molecule has 0 saturated carbocycles. The molecule has 0 aliphatic heterocycles. The number of amidine groups is 1. The van der Waals surface area contributed by atoms with Gasteiger partial charge in [0.1, 0.15) is 12.4 Å². The molecule has 0 spiro atoms. The molecular weight excluding hydrogens is 278 g/mol. The summed E-state index contributed by atoms with van der Waals surface area (Å²) in [5, 5.41) is 2.85. The lowest BCUT2D eigenvalue weighted by molar-refractivity contribution is -0.120. The van der Waals surface area contributed by atoms with Crippen LogP contribution in [0.3, 0.4) is 0 Å². The topological polar surface area (TPSA) is 53.9 Å². The van der Waals surface area contributed by atoms with Gasteiger partial charge in [0.15, 0.2) is 0 Å². The Bertz CT molecular complexity index is 510. The molecule has 1 N–H and O–H groups in total. The van der Waals surface area contributed by atoms with Crippen LogP contribution in [-0.4, -0.2) is 44.0 Å². The van der Waals surface area contributed by atoms with Gasteiger partial charge in [-0.25, -0.2) is 4.99 Å². The number of amides is 1. The van der Waals surface area contributed by atoms with E-state index < -0.39 is 0 Å². The van der Waals surface area contributed by atoms with Gasteiger partial charge in [-0.3, -0.25) is 4.79 Å². The third-order valence-corrected chi connectivity index (χ3v) is 3.18. The van der Waals surface area contributed by atoms with Crippen molar-refractivity contribution in [2.45, 2.75) is 27.2 Å². The van der Waals surface area contributed by atoms with Crippen LogP contribution < -0.4 is 5.32 Å². The van der Waals surface area contributed by atoms with E-state index in [1.807, 2.05) is 50.2 Å². The van der Waals surface area contributed by atoms with Gasteiger partial charge in [-0.1, -0.05) is 26.0 Å². The lowest BCUT2D eigenvalue weighted by Crippen LogP contribution is -2.20. The van der Waals surface area contributed by atoms with Crippen molar-refractivity contribution in [2.75, 3.05) is 32.6 Å². The van der Waals surface area contributed by atoms with E-state index in [0.717, 1.165) is 17.9 Å². The van der Waals surface area contributed by atoms with Crippen molar-refractivity contribution >= 4 is 23.1 Å². The van der Waals surface area contributed by atoms with Gasteiger partial charge >= 0.3 is 0 Å². The van der Waals surface area contributed by atoms with Crippen molar-refractivity contribution in [1.82, 2.24) is 4.90 Å². The predicted octanol–water partition coefficient (Wildman–Crippen LogP) is 3.30. The quantitative estimate of drug-likeness (QED) is 0.478. The summed E-state index contributed by atoms with van der Waals surface area (Å²) in [5.74, 6) is 1.29. The Labute approximate surface area is 133 Å². The molecular formula is C17H27N3O2. The number of rotatable bonds is 7. The number of nitrogens with one attached hydrogen (secondary N) is 1. The maximum absolute atomic E-state index is 11.9. The fraction of sp³-hybridized carbons (Fsp3) is 0.529. The second-order valence-electron chi connectivity index (χ2n) is 5.85. The molecule has 5 heteroatoms. The van der Waals surface area contributed by atoms with Crippen molar-refractivity contribution in [3.63, 3.8) is 0 Å². The minimum atomic E-state index is -0.158. The molecule has 5 nitrogen and oxygen atoms in total. The normalized spacial score (nSPS) is 11.6. The summed E-state index contributed by atoms with van der Waals surface area (Å²) in [6.07, 6.45) is 0.955. The zero-order valence-corrected chi connectivity index (χ0v) is 14.2. The minimum Gasteiger partial charge on any atom is -0.372 e. The fourth-order valence-electron chi connectivity index (χ4n) is 1.62. The zero-order chi connectivity index (χ0) is 16.5. The molecule has 122 valence electrons. The summed E-state index contributed by atoms with van der Waals surface area (Å²) in [5.41, 5.74) is 1.44. The summed E-state index contributed by atoms with van der Waals surface area (Å²) in [6.45, 7) is 6.85. The Kier molecular flexibility index (Phi) is 7.60. The van der Waals surface area contributed by atoms with Gasteiger partial charge in [-0.05, 0) is 31.4 Å². The van der Waals surface area contributed by atoms with Crippen molar-refractivity contribution in [3.05, 3.63) is 24.3 Å². The maximum Gasteiger partial charge on any atom is 0.250 e. The first-order chi connectivity index (χ1) is 10.4. The maximum atomic E-state index is 11.9. The molecule has 0 aliphatic carbocycles. The average Bonchev–Trinajstić information content (AvgIpc) is 2.45. The third kappa shape index (κ3) is 6.72. The van der Waals surface area contributed by atoms with Crippen LogP contribution in [-0.2, 0) is 9.53 Å². The van der Waals surface area contributed by atoms with E-state index >= 15 is 0 Å². The molecule has 0 heterocycles. The molecule has 0 radical (unpaired) electrons. The van der Waals surface area contributed by atoms with Gasteiger partial charge in [-0.2, -0.15) is 0 Å².